The van der Waals surface area contributed by atoms with Crippen LogP contribution in [0.2, 0.25) is 0 Å². The molecular weight excluding hydrogens is 362 g/mol. The van der Waals surface area contributed by atoms with E-state index in [1.807, 2.05) is 25.1 Å². The van der Waals surface area contributed by atoms with Gasteiger partial charge in [0.2, 0.25) is 5.36 Å². The van der Waals surface area contributed by atoms with Crippen molar-refractivity contribution in [1.29, 1.82) is 0 Å². The van der Waals surface area contributed by atoms with Crippen LogP contribution in [0.1, 0.15) is 18.9 Å². The minimum Gasteiger partial charge on any atom is -0.612 e. The zero-order valence-electron chi connectivity index (χ0n) is 16.0. The van der Waals surface area contributed by atoms with E-state index in [2.05, 4.69) is 10.3 Å². The Balaban J connectivity index is 2.20. The second kappa shape index (κ2) is 8.08. The molecule has 0 radical (unpaired) electrons. The summed E-state index contributed by atoms with van der Waals surface area (Å²) in [5.74, 6) is 0.345. The number of methoxy groups -OCH3 is 1. The molecule has 0 amide bonds. The second-order valence-electron chi connectivity index (χ2n) is 6.32. The fourth-order valence-corrected chi connectivity index (χ4v) is 3.12. The summed E-state index contributed by atoms with van der Waals surface area (Å²) >= 11 is 0. The van der Waals surface area contributed by atoms with Crippen molar-refractivity contribution in [2.45, 2.75) is 20.3 Å². The molecule has 0 saturated carbocycles. The first-order chi connectivity index (χ1) is 13.5. The van der Waals surface area contributed by atoms with Gasteiger partial charge in [0.25, 0.3) is 0 Å². The van der Waals surface area contributed by atoms with Crippen LogP contribution in [-0.2, 0) is 9.53 Å². The number of carbonyl (C=O) groups is 1. The molecule has 2 aliphatic rings. The summed E-state index contributed by atoms with van der Waals surface area (Å²) in [6, 6.07) is 8.73. The quantitative estimate of drug-likeness (QED) is 0.292. The molecule has 0 atom stereocenters. The Morgan fingerprint density at radius 3 is 2.71 bits per heavy atom. The summed E-state index contributed by atoms with van der Waals surface area (Å²) in [5, 5.41) is 27.3. The Morgan fingerprint density at radius 2 is 2.04 bits per heavy atom. The smallest absolute Gasteiger partial charge is 0.305 e. The maximum atomic E-state index is 11.7. The first-order valence-corrected chi connectivity index (χ1v) is 8.96. The Labute approximate surface area is 161 Å². The molecule has 0 unspecified atom stereocenters. The SMILES string of the molecule is CCC(=O)OCCNc1c2c(=[N+]([O-])[O-])ccc(C)c-2[nH]c2ccc(OC)cc12. The first kappa shape index (κ1) is 19.3. The van der Waals surface area contributed by atoms with Crippen LogP contribution in [0.25, 0.3) is 22.2 Å². The monoisotopic (exact) mass is 384 g/mol. The number of aromatic amines is 1. The molecule has 1 aromatic carbocycles. The van der Waals surface area contributed by atoms with Gasteiger partial charge in [-0.1, -0.05) is 13.0 Å². The van der Waals surface area contributed by atoms with Crippen LogP contribution < -0.4 is 20.3 Å². The van der Waals surface area contributed by atoms with Crippen LogP contribution in [-0.4, -0.2) is 31.2 Å². The standard InChI is InChI=1S/C20H22N3O5/c1-4-17(24)28-10-9-21-20-14-11-13(27-3)6-7-15(14)22-19-12(2)5-8-16(18(19)20)23(25)26/h5-8,11,21-22H,4,9-10H2,1-3H3/q-1. The van der Waals surface area contributed by atoms with Gasteiger partial charge in [0.05, 0.1) is 24.1 Å². The van der Waals surface area contributed by atoms with Gasteiger partial charge >= 0.3 is 5.97 Å². The first-order valence-electron chi connectivity index (χ1n) is 8.96. The van der Waals surface area contributed by atoms with Crippen LogP contribution in [0.5, 0.6) is 5.75 Å². The van der Waals surface area contributed by atoms with Gasteiger partial charge in [0, 0.05) is 29.9 Å². The number of fused-ring (bicyclic) bond motifs is 2. The van der Waals surface area contributed by atoms with E-state index in [1.54, 1.807) is 20.1 Å². The summed E-state index contributed by atoms with van der Waals surface area (Å²) in [6.07, 6.45) is 0.300. The van der Waals surface area contributed by atoms with Gasteiger partial charge in [-0.2, -0.15) is 4.90 Å². The molecule has 0 aromatic heterocycles. The molecule has 8 nitrogen and oxygen atoms in total. The summed E-state index contributed by atoms with van der Waals surface area (Å²) in [4.78, 5) is 14.3. The molecule has 3 rings (SSSR count). The normalized spacial score (nSPS) is 10.8. The number of rotatable bonds is 6. The lowest BCUT2D eigenvalue weighted by Gasteiger charge is -2.20. The molecule has 1 aromatic rings. The largest absolute Gasteiger partial charge is 0.612 e. The number of aromatic nitrogens is 1. The van der Waals surface area contributed by atoms with E-state index in [0.29, 0.717) is 35.7 Å². The number of esters is 1. The second-order valence-corrected chi connectivity index (χ2v) is 6.32. The van der Waals surface area contributed by atoms with Crippen molar-refractivity contribution >= 4 is 22.6 Å². The Hall–Kier alpha value is -3.42. The third-order valence-corrected chi connectivity index (χ3v) is 4.55. The highest BCUT2D eigenvalue weighted by Crippen LogP contribution is 2.36. The average Bonchev–Trinajstić information content (AvgIpc) is 2.70. The molecule has 0 bridgehead atoms. The number of ether oxygens (including phenoxy) is 2. The van der Waals surface area contributed by atoms with Gasteiger partial charge in [-0.15, -0.1) is 0 Å². The predicted molar refractivity (Wildman–Crippen MR) is 108 cm³/mol. The highest BCUT2D eigenvalue weighted by atomic mass is 16.8. The molecule has 148 valence electrons. The lowest BCUT2D eigenvalue weighted by atomic mass is 9.98. The van der Waals surface area contributed by atoms with E-state index in [1.165, 1.54) is 6.07 Å². The minimum atomic E-state index is -0.399. The fourth-order valence-electron chi connectivity index (χ4n) is 3.12. The Morgan fingerprint density at radius 1 is 1.25 bits per heavy atom. The molecular formula is C20H22N3O5-. The minimum absolute atomic E-state index is 0.00498. The summed E-state index contributed by atoms with van der Waals surface area (Å²) in [5.41, 5.74) is 3.46. The predicted octanol–water partition coefficient (Wildman–Crippen LogP) is 2.72. The van der Waals surface area contributed by atoms with E-state index in [9.17, 15) is 15.2 Å². The zero-order valence-corrected chi connectivity index (χ0v) is 16.0. The molecule has 8 heteroatoms. The number of carbonyl (C=O) groups excluding carboxylic acids is 1. The van der Waals surface area contributed by atoms with Gasteiger partial charge in [-0.25, -0.2) is 0 Å². The number of hydrogen-bond acceptors (Lipinski definition) is 6. The van der Waals surface area contributed by atoms with E-state index in [4.69, 9.17) is 9.47 Å². The molecule has 0 fully saturated rings. The van der Waals surface area contributed by atoms with Crippen molar-refractivity contribution in [2.24, 2.45) is 0 Å². The van der Waals surface area contributed by atoms with Crippen molar-refractivity contribution in [2.75, 3.05) is 25.6 Å². The van der Waals surface area contributed by atoms with Crippen LogP contribution in [0.3, 0.4) is 0 Å². The number of nitrogens with zero attached hydrogens (tertiary/aromatic N) is 1. The molecule has 0 saturated heterocycles. The molecule has 2 N–H and O–H groups in total. The van der Waals surface area contributed by atoms with Gasteiger partial charge < -0.3 is 30.2 Å². The summed E-state index contributed by atoms with van der Waals surface area (Å²) in [7, 11) is 1.57. The molecule has 28 heavy (non-hydrogen) atoms. The molecule has 1 aliphatic carbocycles. The summed E-state index contributed by atoms with van der Waals surface area (Å²) in [6.45, 7) is 4.10. The lowest BCUT2D eigenvalue weighted by Crippen LogP contribution is -2.24. The van der Waals surface area contributed by atoms with Crippen molar-refractivity contribution in [3.05, 3.63) is 51.7 Å². The maximum Gasteiger partial charge on any atom is 0.305 e. The highest BCUT2D eigenvalue weighted by molar-refractivity contribution is 6.01. The van der Waals surface area contributed by atoms with Crippen LogP contribution in [0.4, 0.5) is 5.69 Å². The van der Waals surface area contributed by atoms with Gasteiger partial charge in [0.1, 0.15) is 12.4 Å². The average molecular weight is 384 g/mol. The van der Waals surface area contributed by atoms with E-state index >= 15 is 0 Å². The number of aryl methyl sites for hydroxylation is 1. The van der Waals surface area contributed by atoms with Crippen molar-refractivity contribution < 1.29 is 14.3 Å². The third kappa shape index (κ3) is 3.66. The number of nitrogens with one attached hydrogen (secondary N) is 2. The van der Waals surface area contributed by atoms with Crippen LogP contribution in [0, 0.1) is 17.3 Å². The van der Waals surface area contributed by atoms with E-state index in [0.717, 1.165) is 16.5 Å². The lowest BCUT2D eigenvalue weighted by molar-refractivity contribution is -0.142. The highest BCUT2D eigenvalue weighted by Gasteiger charge is 2.20. The van der Waals surface area contributed by atoms with Crippen molar-refractivity contribution in [3.63, 3.8) is 0 Å². The van der Waals surface area contributed by atoms with E-state index in [-0.39, 0.29) is 17.9 Å². The third-order valence-electron chi connectivity index (χ3n) is 4.55. The van der Waals surface area contributed by atoms with Gasteiger partial charge in [0.15, 0.2) is 0 Å². The number of benzene rings is 2. The number of H-pyrrole nitrogens is 1. The Kier molecular flexibility index (Phi) is 5.58. The molecule has 1 aliphatic heterocycles. The van der Waals surface area contributed by atoms with Crippen molar-refractivity contribution in [1.82, 2.24) is 9.89 Å². The Bertz CT molecular complexity index is 1050. The molecule has 1 heterocycles. The number of anilines is 1. The van der Waals surface area contributed by atoms with Gasteiger partial charge in [-0.3, -0.25) is 4.79 Å². The topological polar surface area (TPSA) is 112 Å². The van der Waals surface area contributed by atoms with E-state index < -0.39 is 4.90 Å². The number of pyridine rings is 1. The van der Waals surface area contributed by atoms with Crippen molar-refractivity contribution in [3.8, 4) is 17.0 Å². The summed E-state index contributed by atoms with van der Waals surface area (Å²) < 4.78 is 10.4. The van der Waals surface area contributed by atoms with Gasteiger partial charge in [-0.05, 0) is 30.7 Å². The zero-order chi connectivity index (χ0) is 20.3. The van der Waals surface area contributed by atoms with Crippen LogP contribution >= 0.6 is 0 Å². The maximum absolute atomic E-state index is 11.7. The number of hydrogen-bond donors (Lipinski definition) is 2. The fraction of sp³-hybridized carbons (Fsp3) is 0.300. The molecule has 0 spiro atoms. The van der Waals surface area contributed by atoms with Crippen LogP contribution in [0.15, 0.2) is 30.3 Å².